The van der Waals surface area contributed by atoms with Crippen molar-refractivity contribution in [2.24, 2.45) is 0 Å². The zero-order valence-corrected chi connectivity index (χ0v) is 17.4. The van der Waals surface area contributed by atoms with Crippen molar-refractivity contribution in [3.8, 4) is 11.5 Å². The van der Waals surface area contributed by atoms with Gasteiger partial charge in [0.05, 0.1) is 28.4 Å². The fraction of sp³-hybridized carbons (Fsp3) is 0.0952. The minimum atomic E-state index is 0.568. The van der Waals surface area contributed by atoms with Crippen molar-refractivity contribution in [3.05, 3.63) is 81.8 Å². The minimum absolute atomic E-state index is 0.568. The fourth-order valence-electron chi connectivity index (χ4n) is 2.85. The van der Waals surface area contributed by atoms with Gasteiger partial charge in [-0.15, -0.1) is 0 Å². The first-order valence-electron chi connectivity index (χ1n) is 8.72. The molecule has 0 unspecified atom stereocenters. The van der Waals surface area contributed by atoms with Crippen LogP contribution in [0.5, 0.6) is 11.5 Å². The lowest BCUT2D eigenvalue weighted by atomic mass is 10.1. The summed E-state index contributed by atoms with van der Waals surface area (Å²) in [4.78, 5) is 4.40. The van der Waals surface area contributed by atoms with E-state index in [9.17, 15) is 0 Å². The van der Waals surface area contributed by atoms with Gasteiger partial charge in [0.1, 0.15) is 5.75 Å². The van der Waals surface area contributed by atoms with Crippen LogP contribution in [0.3, 0.4) is 0 Å². The molecule has 1 aliphatic rings. The van der Waals surface area contributed by atoms with E-state index in [1.807, 2.05) is 48.5 Å². The second-order valence-electron chi connectivity index (χ2n) is 6.25. The van der Waals surface area contributed by atoms with E-state index in [-0.39, 0.29) is 0 Å². The van der Waals surface area contributed by atoms with Crippen LogP contribution in [0.4, 0.5) is 5.69 Å². The highest BCUT2D eigenvalue weighted by Crippen LogP contribution is 2.39. The molecule has 0 aromatic heterocycles. The Kier molecular flexibility index (Phi) is 5.67. The van der Waals surface area contributed by atoms with Crippen molar-refractivity contribution in [1.29, 1.82) is 0 Å². The van der Waals surface area contributed by atoms with Crippen LogP contribution in [-0.4, -0.2) is 5.96 Å². The lowest BCUT2D eigenvalue weighted by molar-refractivity contribution is -0.476. The Morgan fingerprint density at radius 3 is 2.50 bits per heavy atom. The molecule has 3 aromatic rings. The van der Waals surface area contributed by atoms with Gasteiger partial charge in [0.15, 0.2) is 11.4 Å². The van der Waals surface area contributed by atoms with Gasteiger partial charge in [-0.2, -0.15) is 0 Å². The van der Waals surface area contributed by atoms with E-state index in [1.165, 1.54) is 11.9 Å². The van der Waals surface area contributed by atoms with Crippen LogP contribution in [0.15, 0.2) is 65.6 Å². The summed E-state index contributed by atoms with van der Waals surface area (Å²) >= 11 is 14.1. The summed E-state index contributed by atoms with van der Waals surface area (Å²) < 4.78 is 9.33. The minimum Gasteiger partial charge on any atom is -0.452 e. The van der Waals surface area contributed by atoms with Crippen LogP contribution < -0.4 is 19.8 Å². The number of para-hydroxylation sites is 2. The number of hydrogen-bond acceptors (Lipinski definition) is 2. The number of ether oxygens (including phenoxy) is 1. The van der Waals surface area contributed by atoms with E-state index in [1.54, 1.807) is 6.07 Å². The molecule has 0 atom stereocenters. The second kappa shape index (κ2) is 8.35. The van der Waals surface area contributed by atoms with Crippen molar-refractivity contribution >= 4 is 46.8 Å². The molecule has 0 bridgehead atoms. The Bertz CT molecular complexity index is 1040. The van der Waals surface area contributed by atoms with Gasteiger partial charge in [0.25, 0.3) is 0 Å². The monoisotopic (exact) mass is 430 g/mol. The van der Waals surface area contributed by atoms with Crippen molar-refractivity contribution in [3.63, 3.8) is 0 Å². The molecule has 0 saturated heterocycles. The van der Waals surface area contributed by atoms with Gasteiger partial charge < -0.3 is 4.74 Å². The molecule has 0 radical (unpaired) electrons. The highest BCUT2D eigenvalue weighted by Gasteiger charge is 2.24. The zero-order valence-electron chi connectivity index (χ0n) is 15.1. The maximum Gasteiger partial charge on any atom is 0.360 e. The van der Waals surface area contributed by atoms with Gasteiger partial charge in [-0.05, 0) is 42.8 Å². The number of aryl methyl sites for hydroxylation is 1. The maximum atomic E-state index is 6.33. The van der Waals surface area contributed by atoms with Gasteiger partial charge >= 0.3 is 5.96 Å². The van der Waals surface area contributed by atoms with Crippen LogP contribution in [0.2, 0.25) is 10.0 Å². The Morgan fingerprint density at radius 1 is 0.929 bits per heavy atom. The molecule has 0 fully saturated rings. The van der Waals surface area contributed by atoms with Crippen molar-refractivity contribution in [1.82, 2.24) is 4.72 Å². The van der Waals surface area contributed by atoms with Crippen LogP contribution >= 0.6 is 35.1 Å². The second-order valence-corrected chi connectivity index (χ2v) is 7.92. The Labute approximate surface area is 178 Å². The van der Waals surface area contributed by atoms with Crippen molar-refractivity contribution in [2.75, 3.05) is 5.32 Å². The van der Waals surface area contributed by atoms with E-state index < -0.39 is 0 Å². The van der Waals surface area contributed by atoms with Crippen LogP contribution in [0.25, 0.3) is 0 Å². The predicted octanol–water partition coefficient (Wildman–Crippen LogP) is 4.75. The average molecular weight is 431 g/mol. The molecule has 3 N–H and O–H groups in total. The summed E-state index contributed by atoms with van der Waals surface area (Å²) in [6.45, 7) is 2.65. The smallest absolute Gasteiger partial charge is 0.360 e. The fourth-order valence-corrected chi connectivity index (χ4v) is 4.05. The lowest BCUT2D eigenvalue weighted by Gasteiger charge is -2.18. The molecule has 1 aliphatic heterocycles. The highest BCUT2D eigenvalue weighted by atomic mass is 35.5. The molecule has 4 rings (SSSR count). The highest BCUT2D eigenvalue weighted by molar-refractivity contribution is 7.98. The number of halogens is 2. The lowest BCUT2D eigenvalue weighted by Crippen LogP contribution is -2.76. The van der Waals surface area contributed by atoms with Gasteiger partial charge in [-0.25, -0.2) is 10.0 Å². The quantitative estimate of drug-likeness (QED) is 0.522. The van der Waals surface area contributed by atoms with E-state index in [0.717, 1.165) is 32.7 Å². The normalized spacial score (nSPS) is 14.2. The first-order chi connectivity index (χ1) is 13.6. The molecule has 3 aromatic carbocycles. The standard InChI is InChI=1S/C21H17Cl2N3OS/c1-13-6-4-8-15(22)14(13)12-24-21-25-20-18(10-5-11-19(20)28-26-21)27-17-9-3-2-7-16(17)23/h2-11H,12H2,1H3,(H2,24,25,26)/p+1. The molecule has 0 spiro atoms. The SMILES string of the molecule is Cc1cccc(Cl)c1C[NH+]=C1NSc2cccc(Oc3ccccc3Cl)c2N1. The Balaban J connectivity index is 1.58. The maximum absolute atomic E-state index is 6.33. The predicted molar refractivity (Wildman–Crippen MR) is 116 cm³/mol. The zero-order chi connectivity index (χ0) is 19.5. The molecule has 0 amide bonds. The molecule has 28 heavy (non-hydrogen) atoms. The number of anilines is 1. The van der Waals surface area contributed by atoms with Crippen molar-refractivity contribution < 1.29 is 9.73 Å². The third-order valence-electron chi connectivity index (χ3n) is 4.35. The molecule has 1 heterocycles. The van der Waals surface area contributed by atoms with Gasteiger partial charge in [-0.1, -0.05) is 53.5 Å². The van der Waals surface area contributed by atoms with Gasteiger partial charge in [0.2, 0.25) is 0 Å². The van der Waals surface area contributed by atoms with Crippen LogP contribution in [-0.2, 0) is 6.54 Å². The molecule has 0 saturated carbocycles. The van der Waals surface area contributed by atoms with E-state index >= 15 is 0 Å². The number of rotatable bonds is 4. The number of nitrogens with one attached hydrogen (secondary N) is 3. The molecular weight excluding hydrogens is 413 g/mol. The summed E-state index contributed by atoms with van der Waals surface area (Å²) in [6, 6.07) is 19.2. The number of fused-ring (bicyclic) bond motifs is 1. The average Bonchev–Trinajstić information content (AvgIpc) is 2.70. The Hall–Kier alpha value is -2.34. The Morgan fingerprint density at radius 2 is 1.68 bits per heavy atom. The first kappa shape index (κ1) is 19.0. The van der Waals surface area contributed by atoms with E-state index in [2.05, 4.69) is 28.0 Å². The number of guanidine groups is 1. The first-order valence-corrected chi connectivity index (χ1v) is 10.3. The van der Waals surface area contributed by atoms with E-state index in [4.69, 9.17) is 27.9 Å². The molecular formula is C21H18Cl2N3OS+. The van der Waals surface area contributed by atoms with E-state index in [0.29, 0.717) is 23.1 Å². The summed E-state index contributed by atoms with van der Waals surface area (Å²) in [7, 11) is 0. The summed E-state index contributed by atoms with van der Waals surface area (Å²) in [5.74, 6) is 2.09. The largest absolute Gasteiger partial charge is 0.452 e. The summed E-state index contributed by atoms with van der Waals surface area (Å²) in [5, 5.41) is 4.69. The van der Waals surface area contributed by atoms with Crippen LogP contribution in [0, 0.1) is 6.92 Å². The van der Waals surface area contributed by atoms with Crippen LogP contribution in [0.1, 0.15) is 11.1 Å². The topological polar surface area (TPSA) is 47.3 Å². The van der Waals surface area contributed by atoms with Crippen molar-refractivity contribution in [2.45, 2.75) is 18.4 Å². The van der Waals surface area contributed by atoms with Gasteiger partial charge in [-0.3, -0.25) is 4.99 Å². The summed E-state index contributed by atoms with van der Waals surface area (Å²) in [6.07, 6.45) is 0. The molecule has 0 aliphatic carbocycles. The summed E-state index contributed by atoms with van der Waals surface area (Å²) in [5.41, 5.74) is 3.09. The molecule has 142 valence electrons. The third-order valence-corrected chi connectivity index (χ3v) is 5.89. The third kappa shape index (κ3) is 4.07. The number of benzene rings is 3. The van der Waals surface area contributed by atoms with Gasteiger partial charge in [0, 0.05) is 10.6 Å². The molecule has 4 nitrogen and oxygen atoms in total. The number of hydrogen-bond donors (Lipinski definition) is 3. The molecule has 7 heteroatoms.